The van der Waals surface area contributed by atoms with Crippen molar-refractivity contribution in [2.24, 2.45) is 0 Å². The van der Waals surface area contributed by atoms with E-state index in [9.17, 15) is 0 Å². The average Bonchev–Trinajstić information content (AvgIpc) is 2.59. The minimum atomic E-state index is 0.597. The maximum absolute atomic E-state index is 5.68. The third-order valence-electron chi connectivity index (χ3n) is 2.35. The third-order valence-corrected chi connectivity index (χ3v) is 3.41. The standard InChI is InChI=1S/C10H14N4S/c1-6-4-14(13-10(6)11)5-9-12-7(2)8(3)15-9/h4H,5H2,1-3H3,(H2,11,13). The second-order valence-electron chi connectivity index (χ2n) is 3.64. The largest absolute Gasteiger partial charge is 0.382 e. The van der Waals surface area contributed by atoms with Gasteiger partial charge in [-0.25, -0.2) is 4.98 Å². The van der Waals surface area contributed by atoms with Crippen LogP contribution in [0.5, 0.6) is 0 Å². The monoisotopic (exact) mass is 222 g/mol. The van der Waals surface area contributed by atoms with E-state index in [1.165, 1.54) is 4.88 Å². The number of aryl methyl sites for hydroxylation is 3. The number of anilines is 1. The Hall–Kier alpha value is -1.36. The van der Waals surface area contributed by atoms with E-state index in [1.807, 2.05) is 24.7 Å². The smallest absolute Gasteiger partial charge is 0.148 e. The van der Waals surface area contributed by atoms with Gasteiger partial charge in [0.05, 0.1) is 12.2 Å². The fourth-order valence-corrected chi connectivity index (χ4v) is 2.29. The van der Waals surface area contributed by atoms with Gasteiger partial charge in [-0.3, -0.25) is 4.68 Å². The molecule has 15 heavy (non-hydrogen) atoms. The van der Waals surface area contributed by atoms with Crippen LogP contribution in [0.4, 0.5) is 5.82 Å². The first-order valence-corrected chi connectivity index (χ1v) is 5.60. The van der Waals surface area contributed by atoms with E-state index >= 15 is 0 Å². The summed E-state index contributed by atoms with van der Waals surface area (Å²) in [5.41, 5.74) is 7.80. The maximum Gasteiger partial charge on any atom is 0.148 e. The van der Waals surface area contributed by atoms with Crippen LogP contribution in [0.25, 0.3) is 0 Å². The molecule has 0 aromatic carbocycles. The van der Waals surface area contributed by atoms with Gasteiger partial charge in [-0.05, 0) is 20.8 Å². The number of nitrogens with zero attached hydrogens (tertiary/aromatic N) is 3. The zero-order valence-corrected chi connectivity index (χ0v) is 9.93. The molecule has 0 bridgehead atoms. The molecule has 0 atom stereocenters. The van der Waals surface area contributed by atoms with Gasteiger partial charge in [0.15, 0.2) is 0 Å². The van der Waals surface area contributed by atoms with Crippen LogP contribution in [0.1, 0.15) is 21.1 Å². The van der Waals surface area contributed by atoms with Crippen molar-refractivity contribution >= 4 is 17.2 Å². The van der Waals surface area contributed by atoms with Crippen molar-refractivity contribution < 1.29 is 0 Å². The van der Waals surface area contributed by atoms with Crippen LogP contribution < -0.4 is 5.73 Å². The maximum atomic E-state index is 5.68. The van der Waals surface area contributed by atoms with Crippen LogP contribution in [0.15, 0.2) is 6.20 Å². The highest BCUT2D eigenvalue weighted by molar-refractivity contribution is 7.11. The highest BCUT2D eigenvalue weighted by Crippen LogP contribution is 2.18. The molecular formula is C10H14N4S. The minimum absolute atomic E-state index is 0.597. The van der Waals surface area contributed by atoms with Gasteiger partial charge in [-0.15, -0.1) is 11.3 Å². The van der Waals surface area contributed by atoms with E-state index in [4.69, 9.17) is 5.73 Å². The van der Waals surface area contributed by atoms with Gasteiger partial charge in [-0.2, -0.15) is 5.10 Å². The molecule has 0 aliphatic rings. The fourth-order valence-electron chi connectivity index (χ4n) is 1.36. The second kappa shape index (κ2) is 3.66. The summed E-state index contributed by atoms with van der Waals surface area (Å²) in [7, 11) is 0. The first-order valence-electron chi connectivity index (χ1n) is 4.78. The van der Waals surface area contributed by atoms with Crippen LogP contribution in [-0.2, 0) is 6.54 Å². The Balaban J connectivity index is 2.21. The number of nitrogen functional groups attached to an aromatic ring is 1. The molecule has 2 rings (SSSR count). The van der Waals surface area contributed by atoms with E-state index in [-0.39, 0.29) is 0 Å². The molecule has 2 N–H and O–H groups in total. The Morgan fingerprint density at radius 1 is 1.40 bits per heavy atom. The van der Waals surface area contributed by atoms with Gasteiger partial charge in [0.2, 0.25) is 0 Å². The number of aromatic nitrogens is 3. The van der Waals surface area contributed by atoms with Crippen LogP contribution >= 0.6 is 11.3 Å². The SMILES string of the molecule is Cc1cn(Cc2nc(C)c(C)s2)nc1N. The lowest BCUT2D eigenvalue weighted by molar-refractivity contribution is 0.685. The first-order chi connectivity index (χ1) is 7.06. The molecule has 0 radical (unpaired) electrons. The van der Waals surface area contributed by atoms with Gasteiger partial charge in [0.1, 0.15) is 10.8 Å². The zero-order chi connectivity index (χ0) is 11.0. The normalized spacial score (nSPS) is 10.9. The lowest BCUT2D eigenvalue weighted by Crippen LogP contribution is -2.00. The van der Waals surface area contributed by atoms with Gasteiger partial charge in [-0.1, -0.05) is 0 Å². The highest BCUT2D eigenvalue weighted by atomic mass is 32.1. The Morgan fingerprint density at radius 2 is 2.13 bits per heavy atom. The van der Waals surface area contributed by atoms with E-state index in [0.29, 0.717) is 12.4 Å². The molecule has 2 aromatic heterocycles. The Bertz CT molecular complexity index is 400. The van der Waals surface area contributed by atoms with Crippen molar-refractivity contribution in [2.45, 2.75) is 27.3 Å². The predicted octanol–water partition coefficient (Wildman–Crippen LogP) is 1.90. The summed E-state index contributed by atoms with van der Waals surface area (Å²) in [5, 5.41) is 5.28. The number of hydrogen-bond acceptors (Lipinski definition) is 4. The summed E-state index contributed by atoms with van der Waals surface area (Å²) in [6.07, 6.45) is 1.95. The molecule has 80 valence electrons. The molecule has 4 nitrogen and oxygen atoms in total. The van der Waals surface area contributed by atoms with Crippen LogP contribution in [0, 0.1) is 20.8 Å². The van der Waals surface area contributed by atoms with E-state index in [2.05, 4.69) is 17.0 Å². The van der Waals surface area contributed by atoms with Gasteiger partial charge in [0, 0.05) is 16.6 Å². The van der Waals surface area contributed by atoms with Crippen LogP contribution in [0.3, 0.4) is 0 Å². The van der Waals surface area contributed by atoms with Crippen molar-refractivity contribution in [2.75, 3.05) is 5.73 Å². The topological polar surface area (TPSA) is 56.7 Å². The molecule has 0 aliphatic heterocycles. The van der Waals surface area contributed by atoms with Crippen molar-refractivity contribution in [3.63, 3.8) is 0 Å². The third kappa shape index (κ3) is 2.02. The van der Waals surface area contributed by atoms with Crippen molar-refractivity contribution in [3.8, 4) is 0 Å². The van der Waals surface area contributed by atoms with Gasteiger partial charge in [0.25, 0.3) is 0 Å². The molecule has 0 fully saturated rings. The molecule has 2 aromatic rings. The Morgan fingerprint density at radius 3 is 2.60 bits per heavy atom. The summed E-state index contributed by atoms with van der Waals surface area (Å²) in [4.78, 5) is 5.73. The molecule has 0 spiro atoms. The van der Waals surface area contributed by atoms with E-state index in [0.717, 1.165) is 16.3 Å². The molecule has 5 heteroatoms. The molecule has 0 saturated heterocycles. The average molecular weight is 222 g/mol. The van der Waals surface area contributed by atoms with Crippen LogP contribution in [0.2, 0.25) is 0 Å². The molecule has 0 aliphatic carbocycles. The molecular weight excluding hydrogens is 208 g/mol. The van der Waals surface area contributed by atoms with Crippen molar-refractivity contribution in [1.82, 2.24) is 14.8 Å². The lowest BCUT2D eigenvalue weighted by atomic mass is 10.4. The second-order valence-corrected chi connectivity index (χ2v) is 4.93. The highest BCUT2D eigenvalue weighted by Gasteiger charge is 2.06. The minimum Gasteiger partial charge on any atom is -0.382 e. The zero-order valence-electron chi connectivity index (χ0n) is 9.11. The molecule has 0 saturated carbocycles. The quantitative estimate of drug-likeness (QED) is 0.844. The van der Waals surface area contributed by atoms with Crippen molar-refractivity contribution in [1.29, 1.82) is 0 Å². The van der Waals surface area contributed by atoms with Gasteiger partial charge < -0.3 is 5.73 Å². The molecule has 2 heterocycles. The number of nitrogens with two attached hydrogens (primary N) is 1. The van der Waals surface area contributed by atoms with Crippen LogP contribution in [-0.4, -0.2) is 14.8 Å². The number of rotatable bonds is 2. The first kappa shape index (κ1) is 10.2. The predicted molar refractivity (Wildman–Crippen MR) is 62.1 cm³/mol. The summed E-state index contributed by atoms with van der Waals surface area (Å²) in [5.74, 6) is 0.597. The summed E-state index contributed by atoms with van der Waals surface area (Å²) in [6.45, 7) is 6.77. The Kier molecular flexibility index (Phi) is 2.48. The number of hydrogen-bond donors (Lipinski definition) is 1. The summed E-state index contributed by atoms with van der Waals surface area (Å²) >= 11 is 1.71. The summed E-state index contributed by atoms with van der Waals surface area (Å²) < 4.78 is 1.84. The lowest BCUT2D eigenvalue weighted by Gasteiger charge is -1.95. The molecule has 0 amide bonds. The fraction of sp³-hybridized carbons (Fsp3) is 0.400. The van der Waals surface area contributed by atoms with Gasteiger partial charge >= 0.3 is 0 Å². The number of thiazole rings is 1. The van der Waals surface area contributed by atoms with E-state index in [1.54, 1.807) is 11.3 Å². The molecule has 0 unspecified atom stereocenters. The van der Waals surface area contributed by atoms with E-state index < -0.39 is 0 Å². The Labute approximate surface area is 92.8 Å². The van der Waals surface area contributed by atoms with Crippen molar-refractivity contribution in [3.05, 3.63) is 27.3 Å². The summed E-state index contributed by atoms with van der Waals surface area (Å²) in [6, 6.07) is 0.